The van der Waals surface area contributed by atoms with Crippen molar-refractivity contribution in [1.82, 2.24) is 0 Å². The van der Waals surface area contributed by atoms with Crippen molar-refractivity contribution in [3.63, 3.8) is 0 Å². The van der Waals surface area contributed by atoms with E-state index in [4.69, 9.17) is 18.1 Å². The summed E-state index contributed by atoms with van der Waals surface area (Å²) in [5.41, 5.74) is 0.720. The maximum atomic E-state index is 14.2. The second-order valence-corrected chi connectivity index (χ2v) is 12.8. The Labute approximate surface area is 192 Å². The molecule has 0 saturated carbocycles. The molecule has 6 nitrogen and oxygen atoms in total. The normalized spacial score (nSPS) is 13.0. The fourth-order valence-corrected chi connectivity index (χ4v) is 8.31. The summed E-state index contributed by atoms with van der Waals surface area (Å²) in [4.78, 5) is 0. The van der Waals surface area contributed by atoms with Gasteiger partial charge >= 0.3 is 15.2 Å². The predicted molar refractivity (Wildman–Crippen MR) is 132 cm³/mol. The Morgan fingerprint density at radius 1 is 0.656 bits per heavy atom. The highest BCUT2D eigenvalue weighted by Gasteiger charge is 2.48. The van der Waals surface area contributed by atoms with Gasteiger partial charge in [-0.05, 0) is 77.8 Å². The minimum atomic E-state index is -4.07. The second-order valence-electron chi connectivity index (χ2n) is 8.68. The Morgan fingerprint density at radius 2 is 1.06 bits per heavy atom. The van der Waals surface area contributed by atoms with Gasteiger partial charge in [0.05, 0.1) is 24.4 Å². The van der Waals surface area contributed by atoms with Crippen molar-refractivity contribution in [2.75, 3.05) is 0 Å². The fourth-order valence-electron chi connectivity index (χ4n) is 3.20. The van der Waals surface area contributed by atoms with Crippen LogP contribution in [0.3, 0.4) is 0 Å². The van der Waals surface area contributed by atoms with E-state index in [1.807, 2.05) is 42.5 Å². The lowest BCUT2D eigenvalue weighted by Crippen LogP contribution is -2.14. The predicted octanol–water partition coefficient (Wildman–Crippen LogP) is 8.22. The molecule has 178 valence electrons. The Morgan fingerprint density at radius 3 is 1.50 bits per heavy atom. The van der Waals surface area contributed by atoms with E-state index in [-0.39, 0.29) is 5.06 Å². The van der Waals surface area contributed by atoms with Crippen molar-refractivity contribution in [2.24, 2.45) is 0 Å². The molecule has 0 bridgehead atoms. The maximum absolute atomic E-state index is 14.2. The molecule has 0 aliphatic heterocycles. The van der Waals surface area contributed by atoms with Gasteiger partial charge in [0.1, 0.15) is 0 Å². The molecule has 0 aromatic heterocycles. The molecule has 0 fully saturated rings. The average molecular weight is 482 g/mol. The fraction of sp³-hybridized carbons (Fsp3) is 0.500. The van der Waals surface area contributed by atoms with Crippen LogP contribution in [0.4, 0.5) is 0 Å². The van der Waals surface area contributed by atoms with Crippen LogP contribution in [0.5, 0.6) is 0 Å². The van der Waals surface area contributed by atoms with Crippen LogP contribution in [0.1, 0.15) is 61.0 Å². The van der Waals surface area contributed by atoms with Gasteiger partial charge in [-0.1, -0.05) is 42.5 Å². The average Bonchev–Trinajstić information content (AvgIpc) is 2.63. The van der Waals surface area contributed by atoms with Crippen LogP contribution in [-0.2, 0) is 27.2 Å². The van der Waals surface area contributed by atoms with Crippen molar-refractivity contribution < 1.29 is 27.2 Å². The molecule has 2 aromatic carbocycles. The van der Waals surface area contributed by atoms with Crippen LogP contribution < -0.4 is 0 Å². The summed E-state index contributed by atoms with van der Waals surface area (Å²) in [7, 11) is -8.14. The Balaban J connectivity index is 2.87. The molecular weight excluding hydrogens is 446 g/mol. The van der Waals surface area contributed by atoms with E-state index in [0.29, 0.717) is 0 Å². The number of benzene rings is 2. The third kappa shape index (κ3) is 7.12. The quantitative estimate of drug-likeness (QED) is 0.301. The van der Waals surface area contributed by atoms with E-state index in [0.717, 1.165) is 16.3 Å². The second kappa shape index (κ2) is 11.2. The Hall–Kier alpha value is -1.26. The molecule has 8 heteroatoms. The van der Waals surface area contributed by atoms with Crippen molar-refractivity contribution >= 4 is 32.0 Å². The number of rotatable bonds is 11. The third-order valence-electron chi connectivity index (χ3n) is 4.07. The Bertz CT molecular complexity index is 953. The largest absolute Gasteiger partial charge is 0.370 e. The van der Waals surface area contributed by atoms with E-state index >= 15 is 0 Å². The van der Waals surface area contributed by atoms with E-state index in [9.17, 15) is 9.13 Å². The highest BCUT2D eigenvalue weighted by Crippen LogP contribution is 2.75. The van der Waals surface area contributed by atoms with Gasteiger partial charge in [-0.2, -0.15) is 0 Å². The SMILES string of the molecule is CC(C)OP(=O)(OC(C)C)C(=Cc1cccc2ccccc12)P(=O)(OC(C)C)OC(C)C. The zero-order valence-electron chi connectivity index (χ0n) is 20.3. The molecule has 0 heterocycles. The van der Waals surface area contributed by atoms with Gasteiger partial charge < -0.3 is 18.1 Å². The Kier molecular flexibility index (Phi) is 9.48. The van der Waals surface area contributed by atoms with Crippen molar-refractivity contribution in [3.8, 4) is 0 Å². The van der Waals surface area contributed by atoms with Gasteiger partial charge in [0.25, 0.3) is 0 Å². The summed E-state index contributed by atoms with van der Waals surface area (Å²) in [6.07, 6.45) is -0.174. The van der Waals surface area contributed by atoms with Gasteiger partial charge in [0.15, 0.2) is 5.06 Å². The molecule has 0 saturated heterocycles. The summed E-state index contributed by atoms with van der Waals surface area (Å²) in [6.45, 7) is 14.0. The minimum Gasteiger partial charge on any atom is -0.302 e. The molecule has 0 N–H and O–H groups in total. The monoisotopic (exact) mass is 482 g/mol. The van der Waals surface area contributed by atoms with Gasteiger partial charge in [-0.25, -0.2) is 0 Å². The first-order valence-corrected chi connectivity index (χ1v) is 14.1. The molecule has 0 aliphatic rings. The number of hydrogen-bond donors (Lipinski definition) is 0. The topological polar surface area (TPSA) is 71.1 Å². The molecule has 2 aromatic rings. The van der Waals surface area contributed by atoms with E-state index < -0.39 is 39.6 Å². The lowest BCUT2D eigenvalue weighted by Gasteiger charge is -2.30. The van der Waals surface area contributed by atoms with Crippen LogP contribution in [0, 0.1) is 0 Å². The zero-order chi connectivity index (χ0) is 24.1. The molecule has 0 unspecified atom stereocenters. The van der Waals surface area contributed by atoms with Crippen LogP contribution in [0.25, 0.3) is 16.8 Å². The highest BCUT2D eigenvalue weighted by atomic mass is 31.2. The first-order chi connectivity index (χ1) is 14.9. The lowest BCUT2D eigenvalue weighted by molar-refractivity contribution is 0.138. The van der Waals surface area contributed by atoms with Crippen LogP contribution >= 0.6 is 15.2 Å². The van der Waals surface area contributed by atoms with Gasteiger partial charge in [0.2, 0.25) is 0 Å². The molecule has 2 rings (SSSR count). The minimum absolute atomic E-state index is 0.0915. The van der Waals surface area contributed by atoms with Crippen LogP contribution in [0.2, 0.25) is 0 Å². The smallest absolute Gasteiger partial charge is 0.302 e. The first kappa shape index (κ1) is 27.0. The summed E-state index contributed by atoms with van der Waals surface area (Å²) in [6, 6.07) is 13.5. The van der Waals surface area contributed by atoms with E-state index in [1.54, 1.807) is 61.5 Å². The summed E-state index contributed by atoms with van der Waals surface area (Å²) >= 11 is 0. The standard InChI is InChI=1S/C24H36O6P2/c1-17(2)27-31(25,28-18(3)4)24(32(26,29-19(5)6)30-20(7)8)16-22-14-11-13-21-12-9-10-15-23(21)22/h9-20H,1-8H3. The number of hydrogen-bond acceptors (Lipinski definition) is 6. The maximum Gasteiger partial charge on any atom is 0.370 e. The molecular formula is C24H36O6P2. The molecule has 0 amide bonds. The number of fused-ring (bicyclic) bond motifs is 1. The van der Waals surface area contributed by atoms with E-state index in [1.165, 1.54) is 0 Å². The summed E-state index contributed by atoms with van der Waals surface area (Å²) in [5.74, 6) is 0. The van der Waals surface area contributed by atoms with Crippen molar-refractivity contribution in [1.29, 1.82) is 0 Å². The van der Waals surface area contributed by atoms with Crippen molar-refractivity contribution in [2.45, 2.75) is 79.8 Å². The molecule has 32 heavy (non-hydrogen) atoms. The summed E-state index contributed by atoms with van der Waals surface area (Å²) in [5, 5.41) is 1.81. The van der Waals surface area contributed by atoms with E-state index in [2.05, 4.69) is 0 Å². The van der Waals surface area contributed by atoms with Crippen LogP contribution in [-0.4, -0.2) is 24.4 Å². The van der Waals surface area contributed by atoms with Crippen molar-refractivity contribution in [3.05, 3.63) is 53.1 Å². The van der Waals surface area contributed by atoms with Crippen LogP contribution in [0.15, 0.2) is 47.5 Å². The zero-order valence-corrected chi connectivity index (χ0v) is 22.1. The molecule has 0 aliphatic carbocycles. The van der Waals surface area contributed by atoms with Gasteiger partial charge in [0, 0.05) is 0 Å². The van der Waals surface area contributed by atoms with Gasteiger partial charge in [-0.3, -0.25) is 9.13 Å². The van der Waals surface area contributed by atoms with Gasteiger partial charge in [-0.15, -0.1) is 0 Å². The molecule has 0 radical (unpaired) electrons. The summed E-state index contributed by atoms with van der Waals surface area (Å²) < 4.78 is 51.8. The molecule has 0 spiro atoms. The molecule has 0 atom stereocenters. The third-order valence-corrected chi connectivity index (χ3v) is 9.71. The highest BCUT2D eigenvalue weighted by molar-refractivity contribution is 7.79. The first-order valence-electron chi connectivity index (χ1n) is 11.0. The lowest BCUT2D eigenvalue weighted by atomic mass is 10.1.